The summed E-state index contributed by atoms with van der Waals surface area (Å²) >= 11 is 0. The summed E-state index contributed by atoms with van der Waals surface area (Å²) < 4.78 is 0. The summed E-state index contributed by atoms with van der Waals surface area (Å²) in [6, 6.07) is 10.6. The Labute approximate surface area is 93.3 Å². The molecule has 0 aliphatic carbocycles. The van der Waals surface area contributed by atoms with Gasteiger partial charge in [-0.15, -0.1) is 0 Å². The molecular formula is C13H22N2. The van der Waals surface area contributed by atoms with Gasteiger partial charge in [-0.05, 0) is 40.0 Å². The number of nitrogens with zero attached hydrogens (tertiary/aromatic N) is 1. The molecule has 0 radical (unpaired) electrons. The third-order valence-electron chi connectivity index (χ3n) is 2.72. The number of para-hydroxylation sites is 1. The first kappa shape index (κ1) is 12.1. The largest absolute Gasteiger partial charge is 0.365 e. The molecule has 0 fully saturated rings. The lowest BCUT2D eigenvalue weighted by Crippen LogP contribution is -2.50. The molecule has 1 aromatic rings. The maximum Gasteiger partial charge on any atom is 0.0470 e. The SMILES string of the molecule is CCN(c1ccccc1)C(C)(C)CNC. The highest BCUT2D eigenvalue weighted by molar-refractivity contribution is 5.48. The predicted octanol–water partition coefficient (Wildman–Crippen LogP) is 2.51. The molecule has 0 aliphatic rings. The van der Waals surface area contributed by atoms with E-state index in [1.807, 2.05) is 7.05 Å². The highest BCUT2D eigenvalue weighted by atomic mass is 15.2. The maximum absolute atomic E-state index is 3.25. The van der Waals surface area contributed by atoms with Crippen molar-refractivity contribution in [1.82, 2.24) is 5.32 Å². The Bertz CT molecular complexity index is 280. The third-order valence-corrected chi connectivity index (χ3v) is 2.72. The van der Waals surface area contributed by atoms with Gasteiger partial charge >= 0.3 is 0 Å². The average Bonchev–Trinajstić information content (AvgIpc) is 2.19. The Balaban J connectivity index is 2.89. The van der Waals surface area contributed by atoms with Gasteiger partial charge < -0.3 is 10.2 Å². The average molecular weight is 206 g/mol. The Hall–Kier alpha value is -1.02. The smallest absolute Gasteiger partial charge is 0.0470 e. The second-order valence-corrected chi connectivity index (χ2v) is 4.42. The zero-order valence-corrected chi connectivity index (χ0v) is 10.2. The van der Waals surface area contributed by atoms with Crippen molar-refractivity contribution < 1.29 is 0 Å². The molecule has 15 heavy (non-hydrogen) atoms. The van der Waals surface area contributed by atoms with Crippen molar-refractivity contribution in [3.8, 4) is 0 Å². The summed E-state index contributed by atoms with van der Waals surface area (Å²) in [5.74, 6) is 0. The molecule has 2 heteroatoms. The quantitative estimate of drug-likeness (QED) is 0.796. The minimum absolute atomic E-state index is 0.144. The first-order chi connectivity index (χ1) is 7.11. The van der Waals surface area contributed by atoms with Crippen molar-refractivity contribution in [2.24, 2.45) is 0 Å². The molecule has 0 heterocycles. The van der Waals surface area contributed by atoms with Crippen molar-refractivity contribution >= 4 is 5.69 Å². The molecular weight excluding hydrogens is 184 g/mol. The fraction of sp³-hybridized carbons (Fsp3) is 0.538. The van der Waals surface area contributed by atoms with Gasteiger partial charge in [0.25, 0.3) is 0 Å². The molecule has 0 amide bonds. The zero-order valence-electron chi connectivity index (χ0n) is 10.2. The summed E-state index contributed by atoms with van der Waals surface area (Å²) in [6.07, 6.45) is 0. The molecule has 2 nitrogen and oxygen atoms in total. The lowest BCUT2D eigenvalue weighted by Gasteiger charge is -2.39. The van der Waals surface area contributed by atoms with Gasteiger partial charge in [-0.25, -0.2) is 0 Å². The Morgan fingerprint density at radius 3 is 2.27 bits per heavy atom. The van der Waals surface area contributed by atoms with Gasteiger partial charge in [-0.1, -0.05) is 18.2 Å². The van der Waals surface area contributed by atoms with Crippen LogP contribution in [0.3, 0.4) is 0 Å². The maximum atomic E-state index is 3.25. The molecule has 0 spiro atoms. The molecule has 0 atom stereocenters. The third kappa shape index (κ3) is 2.96. The highest BCUT2D eigenvalue weighted by Gasteiger charge is 2.24. The van der Waals surface area contributed by atoms with Crippen LogP contribution in [-0.2, 0) is 0 Å². The van der Waals surface area contributed by atoms with Crippen LogP contribution < -0.4 is 10.2 Å². The van der Waals surface area contributed by atoms with E-state index >= 15 is 0 Å². The lowest BCUT2D eigenvalue weighted by molar-refractivity contribution is 0.446. The van der Waals surface area contributed by atoms with Crippen molar-refractivity contribution in [1.29, 1.82) is 0 Å². The van der Waals surface area contributed by atoms with E-state index in [9.17, 15) is 0 Å². The number of nitrogens with one attached hydrogen (secondary N) is 1. The minimum Gasteiger partial charge on any atom is -0.365 e. The monoisotopic (exact) mass is 206 g/mol. The molecule has 0 saturated heterocycles. The van der Waals surface area contributed by atoms with Gasteiger partial charge in [0.15, 0.2) is 0 Å². The van der Waals surface area contributed by atoms with E-state index in [1.165, 1.54) is 5.69 Å². The van der Waals surface area contributed by atoms with Crippen LogP contribution in [0.2, 0.25) is 0 Å². The van der Waals surface area contributed by atoms with E-state index in [1.54, 1.807) is 0 Å². The summed E-state index contributed by atoms with van der Waals surface area (Å²) in [7, 11) is 2.00. The lowest BCUT2D eigenvalue weighted by atomic mass is 10.0. The van der Waals surface area contributed by atoms with Gasteiger partial charge in [0, 0.05) is 24.3 Å². The second-order valence-electron chi connectivity index (χ2n) is 4.42. The molecule has 84 valence electrons. The van der Waals surface area contributed by atoms with Gasteiger partial charge in [0.2, 0.25) is 0 Å². The highest BCUT2D eigenvalue weighted by Crippen LogP contribution is 2.22. The van der Waals surface area contributed by atoms with E-state index in [0.29, 0.717) is 0 Å². The first-order valence-corrected chi connectivity index (χ1v) is 5.59. The number of anilines is 1. The van der Waals surface area contributed by atoms with Crippen molar-refractivity contribution in [2.75, 3.05) is 25.0 Å². The van der Waals surface area contributed by atoms with Crippen molar-refractivity contribution in [3.05, 3.63) is 30.3 Å². The summed E-state index contributed by atoms with van der Waals surface area (Å²) in [6.45, 7) is 8.73. The molecule has 0 aromatic heterocycles. The molecule has 1 aromatic carbocycles. The Morgan fingerprint density at radius 1 is 1.20 bits per heavy atom. The van der Waals surface area contributed by atoms with E-state index in [4.69, 9.17) is 0 Å². The fourth-order valence-corrected chi connectivity index (χ4v) is 2.10. The fourth-order valence-electron chi connectivity index (χ4n) is 2.10. The standard InChI is InChI=1S/C13H22N2/c1-5-15(13(2,3)11-14-4)12-9-7-6-8-10-12/h6-10,14H,5,11H2,1-4H3. The molecule has 0 saturated carbocycles. The van der Waals surface area contributed by atoms with Crippen LogP contribution in [0.1, 0.15) is 20.8 Å². The van der Waals surface area contributed by atoms with E-state index in [0.717, 1.165) is 13.1 Å². The number of hydrogen-bond acceptors (Lipinski definition) is 2. The van der Waals surface area contributed by atoms with Crippen LogP contribution in [0.5, 0.6) is 0 Å². The molecule has 0 unspecified atom stereocenters. The van der Waals surface area contributed by atoms with Gasteiger partial charge in [0.1, 0.15) is 0 Å². The van der Waals surface area contributed by atoms with Crippen LogP contribution in [0.25, 0.3) is 0 Å². The van der Waals surface area contributed by atoms with E-state index < -0.39 is 0 Å². The van der Waals surface area contributed by atoms with Crippen LogP contribution in [0.15, 0.2) is 30.3 Å². The zero-order chi connectivity index (χ0) is 11.3. The van der Waals surface area contributed by atoms with E-state index in [2.05, 4.69) is 61.3 Å². The van der Waals surface area contributed by atoms with Crippen molar-refractivity contribution in [3.63, 3.8) is 0 Å². The van der Waals surface area contributed by atoms with Gasteiger partial charge in [0.05, 0.1) is 0 Å². The van der Waals surface area contributed by atoms with E-state index in [-0.39, 0.29) is 5.54 Å². The van der Waals surface area contributed by atoms with Gasteiger partial charge in [-0.3, -0.25) is 0 Å². The first-order valence-electron chi connectivity index (χ1n) is 5.59. The molecule has 0 bridgehead atoms. The van der Waals surface area contributed by atoms with Crippen LogP contribution in [0, 0.1) is 0 Å². The summed E-state index contributed by atoms with van der Waals surface area (Å²) in [5.41, 5.74) is 1.44. The Morgan fingerprint density at radius 2 is 1.80 bits per heavy atom. The van der Waals surface area contributed by atoms with Gasteiger partial charge in [-0.2, -0.15) is 0 Å². The Kier molecular flexibility index (Phi) is 4.15. The molecule has 1 rings (SSSR count). The molecule has 1 N–H and O–H groups in total. The summed E-state index contributed by atoms with van der Waals surface area (Å²) in [4.78, 5) is 2.42. The predicted molar refractivity (Wildman–Crippen MR) is 67.5 cm³/mol. The number of hydrogen-bond donors (Lipinski definition) is 1. The van der Waals surface area contributed by atoms with Crippen LogP contribution in [-0.4, -0.2) is 25.7 Å². The van der Waals surface area contributed by atoms with Crippen LogP contribution >= 0.6 is 0 Å². The van der Waals surface area contributed by atoms with Crippen molar-refractivity contribution in [2.45, 2.75) is 26.3 Å². The van der Waals surface area contributed by atoms with Crippen LogP contribution in [0.4, 0.5) is 5.69 Å². The summed E-state index contributed by atoms with van der Waals surface area (Å²) in [5, 5.41) is 3.25. The topological polar surface area (TPSA) is 15.3 Å². The number of rotatable bonds is 5. The number of benzene rings is 1. The molecule has 0 aliphatic heterocycles. The normalized spacial score (nSPS) is 11.5. The second kappa shape index (κ2) is 5.17. The minimum atomic E-state index is 0.144. The number of likely N-dealkylation sites (N-methyl/N-ethyl adjacent to an activating group) is 2.